The molecule has 0 saturated heterocycles. The number of rotatable bonds is 7. The van der Waals surface area contributed by atoms with Gasteiger partial charge in [-0.1, -0.05) is 12.1 Å². The summed E-state index contributed by atoms with van der Waals surface area (Å²) in [6, 6.07) is 8.81. The molecule has 1 aliphatic rings. The smallest absolute Gasteiger partial charge is 0.315 e. The summed E-state index contributed by atoms with van der Waals surface area (Å²) in [7, 11) is 1.61. The number of hydrogen-bond acceptors (Lipinski definition) is 4. The lowest BCUT2D eigenvalue weighted by atomic mass is 10.2. The molecule has 25 heavy (non-hydrogen) atoms. The zero-order chi connectivity index (χ0) is 17.6. The molecule has 1 aromatic carbocycles. The zero-order valence-electron chi connectivity index (χ0n) is 14.2. The van der Waals surface area contributed by atoms with E-state index in [4.69, 9.17) is 4.74 Å². The van der Waals surface area contributed by atoms with E-state index in [1.807, 2.05) is 24.3 Å². The molecule has 2 N–H and O–H groups in total. The minimum atomic E-state index is -0.272. The molecule has 0 spiro atoms. The maximum absolute atomic E-state index is 12.0. The van der Waals surface area contributed by atoms with Gasteiger partial charge in [0.15, 0.2) is 0 Å². The number of hydrogen-bond donors (Lipinski definition) is 2. The van der Waals surface area contributed by atoms with Crippen molar-refractivity contribution in [3.8, 4) is 5.75 Å². The third-order valence-corrected chi connectivity index (χ3v) is 4.15. The molecule has 0 bridgehead atoms. The van der Waals surface area contributed by atoms with E-state index in [0.29, 0.717) is 25.6 Å². The second-order valence-electron chi connectivity index (χ2n) is 6.08. The van der Waals surface area contributed by atoms with Crippen LogP contribution in [0.3, 0.4) is 0 Å². The fraction of sp³-hybridized carbons (Fsp3) is 0.389. The first-order valence-electron chi connectivity index (χ1n) is 8.37. The van der Waals surface area contributed by atoms with Crippen molar-refractivity contribution in [2.45, 2.75) is 31.8 Å². The molecule has 7 heteroatoms. The molecule has 1 saturated carbocycles. The van der Waals surface area contributed by atoms with E-state index in [1.165, 1.54) is 4.57 Å². The van der Waals surface area contributed by atoms with Gasteiger partial charge >= 0.3 is 6.03 Å². The second-order valence-corrected chi connectivity index (χ2v) is 6.08. The van der Waals surface area contributed by atoms with Crippen molar-refractivity contribution in [2.75, 3.05) is 13.7 Å². The lowest BCUT2D eigenvalue weighted by Crippen LogP contribution is -2.38. The minimum Gasteiger partial charge on any atom is -0.497 e. The molecule has 0 radical (unpaired) electrons. The lowest BCUT2D eigenvalue weighted by molar-refractivity contribution is 0.240. The zero-order valence-corrected chi connectivity index (χ0v) is 14.2. The first-order valence-corrected chi connectivity index (χ1v) is 8.37. The number of ether oxygens (including phenoxy) is 1. The summed E-state index contributed by atoms with van der Waals surface area (Å²) in [5.74, 6) is 1.24. The van der Waals surface area contributed by atoms with Gasteiger partial charge in [-0.25, -0.2) is 9.78 Å². The van der Waals surface area contributed by atoms with Gasteiger partial charge in [0.2, 0.25) is 0 Å². The van der Waals surface area contributed by atoms with Gasteiger partial charge in [-0.15, -0.1) is 0 Å². The third kappa shape index (κ3) is 4.82. The number of methoxy groups -OCH3 is 1. The monoisotopic (exact) mass is 342 g/mol. The normalized spacial score (nSPS) is 13.3. The number of carbonyl (C=O) groups excluding carboxylic acids is 1. The molecular formula is C18H22N4O3. The molecule has 3 rings (SSSR count). The molecule has 1 aromatic heterocycles. The van der Waals surface area contributed by atoms with Gasteiger partial charge in [-0.3, -0.25) is 9.36 Å². The quantitative estimate of drug-likeness (QED) is 0.801. The van der Waals surface area contributed by atoms with Crippen LogP contribution in [-0.2, 0) is 13.1 Å². The highest BCUT2D eigenvalue weighted by Gasteiger charge is 2.25. The van der Waals surface area contributed by atoms with Crippen molar-refractivity contribution in [1.29, 1.82) is 0 Å². The summed E-state index contributed by atoms with van der Waals surface area (Å²) in [5, 5.41) is 5.51. The number of urea groups is 1. The summed E-state index contributed by atoms with van der Waals surface area (Å²) < 4.78 is 6.60. The molecule has 2 amide bonds. The number of nitrogens with zero attached hydrogens (tertiary/aromatic N) is 2. The van der Waals surface area contributed by atoms with E-state index in [2.05, 4.69) is 15.6 Å². The van der Waals surface area contributed by atoms with Crippen molar-refractivity contribution in [3.05, 3.63) is 58.3 Å². The van der Waals surface area contributed by atoms with Crippen LogP contribution in [0.2, 0.25) is 0 Å². The van der Waals surface area contributed by atoms with Gasteiger partial charge in [0.25, 0.3) is 5.56 Å². The SMILES string of the molecule is COc1ccc(CNC(=O)NCCn2cnc(C3CC3)cc2=O)cc1. The Morgan fingerprint density at radius 1 is 1.28 bits per heavy atom. The fourth-order valence-electron chi connectivity index (χ4n) is 2.49. The Morgan fingerprint density at radius 2 is 2.04 bits per heavy atom. The Hall–Kier alpha value is -2.83. The maximum atomic E-state index is 12.0. The van der Waals surface area contributed by atoms with Crippen LogP contribution in [0.25, 0.3) is 0 Å². The van der Waals surface area contributed by atoms with Crippen LogP contribution in [0.1, 0.15) is 30.0 Å². The largest absolute Gasteiger partial charge is 0.497 e. The van der Waals surface area contributed by atoms with E-state index in [1.54, 1.807) is 19.5 Å². The van der Waals surface area contributed by atoms with Crippen LogP contribution in [0.15, 0.2) is 41.5 Å². The molecule has 2 aromatic rings. The van der Waals surface area contributed by atoms with Gasteiger partial charge in [0.05, 0.1) is 19.1 Å². The van der Waals surface area contributed by atoms with Crippen molar-refractivity contribution >= 4 is 6.03 Å². The molecular weight excluding hydrogens is 320 g/mol. The topological polar surface area (TPSA) is 85.2 Å². The molecule has 0 unspecified atom stereocenters. The van der Waals surface area contributed by atoms with Gasteiger partial charge in [-0.05, 0) is 30.5 Å². The van der Waals surface area contributed by atoms with Crippen molar-refractivity contribution < 1.29 is 9.53 Å². The Kier molecular flexibility index (Phi) is 5.33. The predicted octanol–water partition coefficient (Wildman–Crippen LogP) is 1.63. The highest BCUT2D eigenvalue weighted by molar-refractivity contribution is 5.73. The van der Waals surface area contributed by atoms with Crippen LogP contribution in [-0.4, -0.2) is 29.2 Å². The van der Waals surface area contributed by atoms with Crippen LogP contribution >= 0.6 is 0 Å². The van der Waals surface area contributed by atoms with Crippen LogP contribution in [0.4, 0.5) is 4.79 Å². The van der Waals surface area contributed by atoms with E-state index < -0.39 is 0 Å². The Bertz CT molecular complexity index is 782. The number of carbonyl (C=O) groups is 1. The van der Waals surface area contributed by atoms with Gasteiger partial charge < -0.3 is 15.4 Å². The third-order valence-electron chi connectivity index (χ3n) is 4.15. The van der Waals surface area contributed by atoms with Gasteiger partial charge in [0, 0.05) is 31.6 Å². The Balaban J connectivity index is 1.40. The van der Waals surface area contributed by atoms with Crippen molar-refractivity contribution in [3.63, 3.8) is 0 Å². The van der Waals surface area contributed by atoms with E-state index in [-0.39, 0.29) is 11.6 Å². The maximum Gasteiger partial charge on any atom is 0.315 e. The summed E-state index contributed by atoms with van der Waals surface area (Å²) in [6.07, 6.45) is 3.80. The summed E-state index contributed by atoms with van der Waals surface area (Å²) in [6.45, 7) is 1.18. The molecule has 0 aliphatic heterocycles. The number of benzene rings is 1. The van der Waals surface area contributed by atoms with E-state index >= 15 is 0 Å². The fourth-order valence-corrected chi connectivity index (χ4v) is 2.49. The molecule has 132 valence electrons. The van der Waals surface area contributed by atoms with Crippen molar-refractivity contribution in [1.82, 2.24) is 20.2 Å². The Labute approximate surface area is 146 Å². The van der Waals surface area contributed by atoms with Gasteiger partial charge in [0.1, 0.15) is 5.75 Å². The number of amides is 2. The second kappa shape index (κ2) is 7.83. The standard InChI is InChI=1S/C18H22N4O3/c1-25-15-6-2-13(3-7-15)11-20-18(24)19-8-9-22-12-21-16(10-17(22)23)14-4-5-14/h2-3,6-7,10,12,14H,4-5,8-9,11H2,1H3,(H2,19,20,24). The van der Waals surface area contributed by atoms with Crippen LogP contribution < -0.4 is 20.9 Å². The summed E-state index contributed by atoms with van der Waals surface area (Å²) in [4.78, 5) is 28.1. The minimum absolute atomic E-state index is 0.0719. The highest BCUT2D eigenvalue weighted by atomic mass is 16.5. The average molecular weight is 342 g/mol. The van der Waals surface area contributed by atoms with Gasteiger partial charge in [-0.2, -0.15) is 0 Å². The molecule has 0 atom stereocenters. The summed E-state index contributed by atoms with van der Waals surface area (Å²) in [5.41, 5.74) is 1.79. The first kappa shape index (κ1) is 17.0. The van der Waals surface area contributed by atoms with E-state index in [0.717, 1.165) is 29.8 Å². The van der Waals surface area contributed by atoms with E-state index in [9.17, 15) is 9.59 Å². The molecule has 7 nitrogen and oxygen atoms in total. The number of nitrogens with one attached hydrogen (secondary N) is 2. The van der Waals surface area contributed by atoms with Crippen LogP contribution in [0, 0.1) is 0 Å². The molecule has 1 aliphatic carbocycles. The summed E-state index contributed by atoms with van der Waals surface area (Å²) >= 11 is 0. The first-order chi connectivity index (χ1) is 12.2. The lowest BCUT2D eigenvalue weighted by Gasteiger charge is -2.09. The van der Waals surface area contributed by atoms with Crippen LogP contribution in [0.5, 0.6) is 5.75 Å². The van der Waals surface area contributed by atoms with Crippen molar-refractivity contribution in [2.24, 2.45) is 0 Å². The molecule has 1 heterocycles. The molecule has 1 fully saturated rings. The average Bonchev–Trinajstić information content (AvgIpc) is 3.47. The predicted molar refractivity (Wildman–Crippen MR) is 93.7 cm³/mol. The number of aromatic nitrogens is 2. The Morgan fingerprint density at radius 3 is 2.68 bits per heavy atom. The highest BCUT2D eigenvalue weighted by Crippen LogP contribution is 2.38.